The molecule has 1 aromatic carbocycles. The van der Waals surface area contributed by atoms with Crippen molar-refractivity contribution in [3.8, 4) is 0 Å². The number of carbonyl (C=O) groups excluding carboxylic acids is 1. The van der Waals surface area contributed by atoms with Gasteiger partial charge in [-0.1, -0.05) is 36.7 Å². The zero-order chi connectivity index (χ0) is 19.5. The highest BCUT2D eigenvalue weighted by molar-refractivity contribution is 7.18. The van der Waals surface area contributed by atoms with Crippen LogP contribution >= 0.6 is 11.3 Å². The number of amides is 1. The third-order valence-electron chi connectivity index (χ3n) is 5.63. The van der Waals surface area contributed by atoms with Gasteiger partial charge in [-0.25, -0.2) is 4.98 Å². The van der Waals surface area contributed by atoms with Crippen LogP contribution in [-0.4, -0.2) is 53.5 Å². The summed E-state index contributed by atoms with van der Waals surface area (Å²) in [5, 5.41) is 3.36. The molecule has 6 nitrogen and oxygen atoms in total. The molecule has 1 N–H and O–H groups in total. The number of thiazole rings is 1. The molecule has 1 fully saturated rings. The third-order valence-corrected chi connectivity index (χ3v) is 6.61. The van der Waals surface area contributed by atoms with E-state index in [0.717, 1.165) is 46.8 Å². The summed E-state index contributed by atoms with van der Waals surface area (Å²) in [6.45, 7) is 2.32. The first-order chi connectivity index (χ1) is 13.7. The van der Waals surface area contributed by atoms with Crippen molar-refractivity contribution in [3.63, 3.8) is 0 Å². The van der Waals surface area contributed by atoms with E-state index < -0.39 is 0 Å². The van der Waals surface area contributed by atoms with Crippen molar-refractivity contribution in [2.24, 2.45) is 0 Å². The molecule has 150 valence electrons. The molecular weight excluding hydrogens is 372 g/mol. The Morgan fingerprint density at radius 3 is 2.96 bits per heavy atom. The van der Waals surface area contributed by atoms with E-state index >= 15 is 0 Å². The molecular formula is C21H28N4O2S. The maximum atomic E-state index is 12.9. The molecule has 1 amide bonds. The van der Waals surface area contributed by atoms with E-state index in [1.54, 1.807) is 7.11 Å². The second-order valence-electron chi connectivity index (χ2n) is 7.56. The van der Waals surface area contributed by atoms with Crippen molar-refractivity contribution in [1.82, 2.24) is 19.6 Å². The maximum absolute atomic E-state index is 12.9. The fourth-order valence-corrected chi connectivity index (χ4v) is 4.96. The van der Waals surface area contributed by atoms with Gasteiger partial charge < -0.3 is 15.0 Å². The van der Waals surface area contributed by atoms with Gasteiger partial charge in [0.2, 0.25) is 0 Å². The largest absolute Gasteiger partial charge is 0.383 e. The molecule has 0 aliphatic heterocycles. The summed E-state index contributed by atoms with van der Waals surface area (Å²) >= 11 is 1.48. The molecule has 0 bridgehead atoms. The molecule has 28 heavy (non-hydrogen) atoms. The highest BCUT2D eigenvalue weighted by Gasteiger charge is 2.25. The topological polar surface area (TPSA) is 58.9 Å². The highest BCUT2D eigenvalue weighted by Crippen LogP contribution is 2.28. The fraction of sp³-hybridized carbons (Fsp3) is 0.524. The molecule has 0 atom stereocenters. The number of nitrogens with zero attached hydrogens (tertiary/aromatic N) is 3. The van der Waals surface area contributed by atoms with Gasteiger partial charge in [0.1, 0.15) is 4.88 Å². The average Bonchev–Trinajstić information content (AvgIpc) is 3.28. The predicted molar refractivity (Wildman–Crippen MR) is 113 cm³/mol. The number of hydrogen-bond donors (Lipinski definition) is 1. The number of imidazole rings is 1. The van der Waals surface area contributed by atoms with Gasteiger partial charge in [-0.05, 0) is 30.5 Å². The van der Waals surface area contributed by atoms with Crippen molar-refractivity contribution in [2.45, 2.75) is 44.7 Å². The standard InChI is InChI=1S/C21H28N4O2S/c1-24(16-6-4-3-5-7-16)20(26)19-14-25-18-9-8-15(13-22-10-11-27-2)12-17(18)23-21(25)28-19/h8-9,12,14,16,22H,3-7,10-11,13H2,1-2H3. The fourth-order valence-electron chi connectivity index (χ4n) is 3.98. The van der Waals surface area contributed by atoms with E-state index in [0.29, 0.717) is 12.6 Å². The molecule has 2 aromatic heterocycles. The lowest BCUT2D eigenvalue weighted by atomic mass is 9.94. The highest BCUT2D eigenvalue weighted by atomic mass is 32.1. The number of benzene rings is 1. The smallest absolute Gasteiger partial charge is 0.265 e. The van der Waals surface area contributed by atoms with E-state index in [2.05, 4.69) is 23.5 Å². The Morgan fingerprint density at radius 2 is 2.18 bits per heavy atom. The second kappa shape index (κ2) is 8.59. The van der Waals surface area contributed by atoms with Crippen molar-refractivity contribution in [3.05, 3.63) is 34.8 Å². The number of nitrogens with one attached hydrogen (secondary N) is 1. The Bertz CT molecular complexity index is 958. The van der Waals surface area contributed by atoms with Gasteiger partial charge in [0, 0.05) is 39.5 Å². The number of fused-ring (bicyclic) bond motifs is 3. The molecule has 0 spiro atoms. The maximum Gasteiger partial charge on any atom is 0.265 e. The van der Waals surface area contributed by atoms with E-state index in [4.69, 9.17) is 9.72 Å². The third kappa shape index (κ3) is 3.92. The lowest BCUT2D eigenvalue weighted by Gasteiger charge is -2.30. The zero-order valence-electron chi connectivity index (χ0n) is 16.6. The van der Waals surface area contributed by atoms with Crippen molar-refractivity contribution < 1.29 is 9.53 Å². The quantitative estimate of drug-likeness (QED) is 0.615. The summed E-state index contributed by atoms with van der Waals surface area (Å²) in [4.78, 5) is 21.3. The number of hydrogen-bond acceptors (Lipinski definition) is 5. The van der Waals surface area contributed by atoms with Crippen LogP contribution < -0.4 is 5.32 Å². The lowest BCUT2D eigenvalue weighted by Crippen LogP contribution is -2.37. The van der Waals surface area contributed by atoms with Gasteiger partial charge in [-0.15, -0.1) is 0 Å². The van der Waals surface area contributed by atoms with Gasteiger partial charge in [-0.2, -0.15) is 0 Å². The van der Waals surface area contributed by atoms with Crippen molar-refractivity contribution >= 4 is 33.2 Å². The first kappa shape index (κ1) is 19.4. The van der Waals surface area contributed by atoms with Crippen LogP contribution in [-0.2, 0) is 11.3 Å². The first-order valence-corrected chi connectivity index (χ1v) is 10.9. The lowest BCUT2D eigenvalue weighted by molar-refractivity contribution is 0.0701. The predicted octanol–water partition coefficient (Wildman–Crippen LogP) is 3.69. The van der Waals surface area contributed by atoms with Crippen LogP contribution in [0.4, 0.5) is 0 Å². The molecule has 0 saturated heterocycles. The minimum atomic E-state index is 0.120. The Balaban J connectivity index is 1.51. The first-order valence-electron chi connectivity index (χ1n) is 10.0. The van der Waals surface area contributed by atoms with Gasteiger partial charge in [0.15, 0.2) is 4.96 Å². The summed E-state index contributed by atoms with van der Waals surface area (Å²) in [6, 6.07) is 6.70. The van der Waals surface area contributed by atoms with Crippen LogP contribution in [0.15, 0.2) is 24.4 Å². The molecule has 1 aliphatic rings. The number of methoxy groups -OCH3 is 1. The van der Waals surface area contributed by atoms with Crippen LogP contribution in [0.1, 0.15) is 47.3 Å². The van der Waals surface area contributed by atoms with Crippen LogP contribution in [0.3, 0.4) is 0 Å². The monoisotopic (exact) mass is 400 g/mol. The summed E-state index contributed by atoms with van der Waals surface area (Å²) < 4.78 is 7.10. The Morgan fingerprint density at radius 1 is 1.36 bits per heavy atom. The number of rotatable bonds is 7. The number of carbonyl (C=O) groups is 1. The summed E-state index contributed by atoms with van der Waals surface area (Å²) in [5.41, 5.74) is 3.21. The molecule has 0 radical (unpaired) electrons. The Hall–Kier alpha value is -1.96. The number of aromatic nitrogens is 2. The van der Waals surface area contributed by atoms with Crippen LogP contribution in [0.5, 0.6) is 0 Å². The normalized spacial score (nSPS) is 15.5. The van der Waals surface area contributed by atoms with E-state index in [-0.39, 0.29) is 5.91 Å². The van der Waals surface area contributed by atoms with Gasteiger partial charge in [-0.3, -0.25) is 9.20 Å². The molecule has 2 heterocycles. The van der Waals surface area contributed by atoms with Crippen LogP contribution in [0, 0.1) is 0 Å². The molecule has 1 aliphatic carbocycles. The minimum Gasteiger partial charge on any atom is -0.383 e. The molecule has 4 rings (SSSR count). The Labute approximate surface area is 169 Å². The van der Waals surface area contributed by atoms with E-state index in [1.165, 1.54) is 36.2 Å². The molecule has 3 aromatic rings. The van der Waals surface area contributed by atoms with Gasteiger partial charge in [0.25, 0.3) is 5.91 Å². The summed E-state index contributed by atoms with van der Waals surface area (Å²) in [6.07, 6.45) is 7.94. The summed E-state index contributed by atoms with van der Waals surface area (Å²) in [7, 11) is 3.65. The average molecular weight is 401 g/mol. The number of ether oxygens (including phenoxy) is 1. The van der Waals surface area contributed by atoms with Crippen molar-refractivity contribution in [1.29, 1.82) is 0 Å². The zero-order valence-corrected chi connectivity index (χ0v) is 17.4. The SMILES string of the molecule is COCCNCc1ccc2c(c1)nc1sc(C(=O)N(C)C3CCCCC3)cn12. The van der Waals surface area contributed by atoms with E-state index in [9.17, 15) is 4.79 Å². The van der Waals surface area contributed by atoms with Gasteiger partial charge in [0.05, 0.1) is 17.6 Å². The molecule has 1 saturated carbocycles. The van der Waals surface area contributed by atoms with Crippen LogP contribution in [0.2, 0.25) is 0 Å². The van der Waals surface area contributed by atoms with Crippen LogP contribution in [0.25, 0.3) is 16.0 Å². The molecule has 0 unspecified atom stereocenters. The van der Waals surface area contributed by atoms with E-state index in [1.807, 2.05) is 22.5 Å². The Kier molecular flexibility index (Phi) is 5.94. The summed E-state index contributed by atoms with van der Waals surface area (Å²) in [5.74, 6) is 0.120. The second-order valence-corrected chi connectivity index (χ2v) is 8.57. The molecule has 7 heteroatoms. The minimum absolute atomic E-state index is 0.120. The van der Waals surface area contributed by atoms with Gasteiger partial charge >= 0.3 is 0 Å². The van der Waals surface area contributed by atoms with Crippen molar-refractivity contribution in [2.75, 3.05) is 27.3 Å².